The molecule has 2 saturated carbocycles. The molecule has 2 fully saturated rings. The number of nitrogens with one attached hydrogen (secondary N) is 3. The summed E-state index contributed by atoms with van der Waals surface area (Å²) in [4.78, 5) is 19.3. The highest BCUT2D eigenvalue weighted by Gasteiger charge is 2.39. The van der Waals surface area contributed by atoms with Crippen molar-refractivity contribution in [3.05, 3.63) is 63.1 Å². The molecule has 0 spiro atoms. The smallest absolute Gasteiger partial charge is 0.261 e. The van der Waals surface area contributed by atoms with Gasteiger partial charge in [0.2, 0.25) is 6.04 Å². The van der Waals surface area contributed by atoms with Crippen molar-refractivity contribution in [2.24, 2.45) is 5.92 Å². The van der Waals surface area contributed by atoms with Crippen LogP contribution in [0.5, 0.6) is 0 Å². The fourth-order valence-corrected chi connectivity index (χ4v) is 5.08. The lowest BCUT2D eigenvalue weighted by atomic mass is 9.86. The third-order valence-corrected chi connectivity index (χ3v) is 7.21. The molecule has 2 aromatic heterocycles. The van der Waals surface area contributed by atoms with Gasteiger partial charge in [-0.2, -0.15) is 5.10 Å². The monoisotopic (exact) mass is 468 g/mol. The molecule has 7 nitrogen and oxygen atoms in total. The Morgan fingerprint density at radius 2 is 2.12 bits per heavy atom. The van der Waals surface area contributed by atoms with Crippen molar-refractivity contribution in [3.8, 4) is 0 Å². The van der Waals surface area contributed by atoms with Crippen LogP contribution in [-0.2, 0) is 0 Å². The van der Waals surface area contributed by atoms with Crippen LogP contribution in [0.1, 0.15) is 45.1 Å². The predicted molar refractivity (Wildman–Crippen MR) is 127 cm³/mol. The van der Waals surface area contributed by atoms with Crippen LogP contribution in [0.4, 0.5) is 15.9 Å². The first-order valence-corrected chi connectivity index (χ1v) is 11.8. The second kappa shape index (κ2) is 8.81. The first kappa shape index (κ1) is 21.9. The van der Waals surface area contributed by atoms with E-state index in [0.29, 0.717) is 34.5 Å². The predicted octanol–water partition coefficient (Wildman–Crippen LogP) is 5.03. The Labute approximate surface area is 196 Å². The maximum atomic E-state index is 13.9. The van der Waals surface area contributed by atoms with Crippen LogP contribution < -0.4 is 16.2 Å². The van der Waals surface area contributed by atoms with Crippen molar-refractivity contribution >= 4 is 34.0 Å². The number of halogens is 2. The molecule has 3 aromatic rings. The molecule has 0 unspecified atom stereocenters. The Kier molecular flexibility index (Phi) is 5.85. The van der Waals surface area contributed by atoms with Gasteiger partial charge in [-0.25, -0.2) is 11.0 Å². The summed E-state index contributed by atoms with van der Waals surface area (Å²) in [6.07, 6.45) is 6.66. The first-order chi connectivity index (χ1) is 15.9. The lowest BCUT2D eigenvalue weighted by molar-refractivity contribution is 0.252. The Morgan fingerprint density at radius 1 is 1.30 bits per heavy atom. The molecule has 5 rings (SSSR count). The Bertz CT molecular complexity index is 1280. The van der Waals surface area contributed by atoms with Crippen LogP contribution in [0, 0.1) is 18.3 Å². The molecule has 0 radical (unpaired) electrons. The maximum absolute atomic E-state index is 13.9. The van der Waals surface area contributed by atoms with Gasteiger partial charge in [-0.15, -0.1) is 0 Å². The van der Waals surface area contributed by atoms with Crippen LogP contribution in [0.25, 0.3) is 15.7 Å². The second-order valence-electron chi connectivity index (χ2n) is 9.18. The van der Waals surface area contributed by atoms with Crippen molar-refractivity contribution in [2.75, 3.05) is 5.32 Å². The number of H-pyrrole nitrogens is 1. The summed E-state index contributed by atoms with van der Waals surface area (Å²) in [6.45, 7) is 10.1. The van der Waals surface area contributed by atoms with Crippen molar-refractivity contribution in [1.29, 1.82) is 0 Å². The van der Waals surface area contributed by atoms with Gasteiger partial charge in [0.15, 0.2) is 5.82 Å². The van der Waals surface area contributed by atoms with Gasteiger partial charge in [0, 0.05) is 30.4 Å². The molecule has 2 heterocycles. The van der Waals surface area contributed by atoms with Crippen molar-refractivity contribution in [2.45, 2.75) is 63.2 Å². The summed E-state index contributed by atoms with van der Waals surface area (Å²) in [6, 6.07) is 6.57. The molecule has 0 amide bonds. The molecule has 2 aliphatic carbocycles. The van der Waals surface area contributed by atoms with Crippen LogP contribution in [-0.4, -0.2) is 32.9 Å². The normalized spacial score (nSPS) is 23.9. The minimum atomic E-state index is -0.557. The quantitative estimate of drug-likeness (QED) is 0.443. The summed E-state index contributed by atoms with van der Waals surface area (Å²) >= 11 is 5.79. The third kappa shape index (κ3) is 4.35. The topological polar surface area (TPSA) is 79.1 Å². The van der Waals surface area contributed by atoms with Gasteiger partial charge in [0.25, 0.3) is 5.56 Å². The number of hydrogen-bond donors (Lipinski definition) is 3. The van der Waals surface area contributed by atoms with E-state index in [1.165, 1.54) is 25.0 Å². The number of hydrogen-bond acceptors (Lipinski definition) is 4. The Hall–Kier alpha value is -2.89. The molecule has 4 atom stereocenters. The lowest BCUT2D eigenvalue weighted by Crippen LogP contribution is -2.44. The zero-order valence-corrected chi connectivity index (χ0v) is 19.1. The van der Waals surface area contributed by atoms with Gasteiger partial charge in [-0.3, -0.25) is 9.48 Å². The number of rotatable bonds is 6. The maximum Gasteiger partial charge on any atom is 0.261 e. The molecule has 0 bridgehead atoms. The summed E-state index contributed by atoms with van der Waals surface area (Å²) in [5.74, 6) is 0.542. The van der Waals surface area contributed by atoms with Gasteiger partial charge >= 0.3 is 0 Å². The molecule has 33 heavy (non-hydrogen) atoms. The van der Waals surface area contributed by atoms with E-state index >= 15 is 0 Å². The van der Waals surface area contributed by atoms with Crippen LogP contribution in [0.15, 0.2) is 35.3 Å². The fourth-order valence-electron chi connectivity index (χ4n) is 4.96. The lowest BCUT2D eigenvalue weighted by Gasteiger charge is -2.32. The average Bonchev–Trinajstić information content (AvgIpc) is 3.59. The van der Waals surface area contributed by atoms with Crippen molar-refractivity contribution < 1.29 is 4.39 Å². The van der Waals surface area contributed by atoms with E-state index in [0.717, 1.165) is 25.2 Å². The van der Waals surface area contributed by atoms with Crippen LogP contribution in [0.2, 0.25) is 5.02 Å². The standard InChI is InChI=1S/C24H26ClFN6O/c1-13(14-3-4-14)29-16-6-8-20(19(12-16)27-2)32-21-9-10-28-24(33)22(21)23(31-32)30-15-5-7-17(25)18(26)11-15/h5,7,9-11,13-14,16,19-20,29H,3-4,6,8,12H2,1H3,(H,28,33)(H,30,31)/t13-,16-,19-,20-/m0/s1. The highest BCUT2D eigenvalue weighted by molar-refractivity contribution is 6.30. The van der Waals surface area contributed by atoms with E-state index in [1.807, 2.05) is 4.68 Å². The van der Waals surface area contributed by atoms with E-state index in [1.54, 1.807) is 18.3 Å². The summed E-state index contributed by atoms with van der Waals surface area (Å²) in [7, 11) is 0. The molecule has 9 heteroatoms. The summed E-state index contributed by atoms with van der Waals surface area (Å²) in [5.41, 5.74) is 0.811. The van der Waals surface area contributed by atoms with E-state index in [2.05, 4.69) is 27.4 Å². The minimum Gasteiger partial charge on any atom is -0.338 e. The van der Waals surface area contributed by atoms with E-state index in [4.69, 9.17) is 23.3 Å². The highest BCUT2D eigenvalue weighted by Crippen LogP contribution is 2.37. The number of aromatic nitrogens is 3. The van der Waals surface area contributed by atoms with E-state index in [9.17, 15) is 9.18 Å². The number of nitrogens with zero attached hydrogens (tertiary/aromatic N) is 3. The largest absolute Gasteiger partial charge is 0.338 e. The first-order valence-electron chi connectivity index (χ1n) is 11.4. The van der Waals surface area contributed by atoms with Crippen LogP contribution in [0.3, 0.4) is 0 Å². The number of fused-ring (bicyclic) bond motifs is 1. The fraction of sp³-hybridized carbons (Fsp3) is 0.458. The minimum absolute atomic E-state index is 0.0232. The number of pyridine rings is 1. The number of benzene rings is 1. The molecular formula is C24H26ClFN6O. The van der Waals surface area contributed by atoms with Gasteiger partial charge < -0.3 is 20.5 Å². The third-order valence-electron chi connectivity index (χ3n) is 6.90. The van der Waals surface area contributed by atoms with Gasteiger partial charge in [0.1, 0.15) is 17.2 Å². The second-order valence-corrected chi connectivity index (χ2v) is 9.59. The SMILES string of the molecule is [C-]#[N+][C@H]1C[C@@H](N[C@@H](C)C2CC2)CC[C@@H]1n1nc(Nc2ccc(Cl)c(F)c2)c2c(=O)[nH]ccc21. The van der Waals surface area contributed by atoms with Crippen molar-refractivity contribution in [3.63, 3.8) is 0 Å². The van der Waals surface area contributed by atoms with Gasteiger partial charge in [-0.05, 0) is 62.8 Å². The summed E-state index contributed by atoms with van der Waals surface area (Å²) in [5, 5.41) is 11.9. The summed E-state index contributed by atoms with van der Waals surface area (Å²) < 4.78 is 15.8. The zero-order chi connectivity index (χ0) is 23.1. The van der Waals surface area contributed by atoms with E-state index in [-0.39, 0.29) is 22.7 Å². The molecule has 0 aliphatic heterocycles. The molecule has 0 saturated heterocycles. The molecule has 2 aliphatic rings. The average molecular weight is 469 g/mol. The Morgan fingerprint density at radius 3 is 2.85 bits per heavy atom. The number of aromatic amines is 1. The van der Waals surface area contributed by atoms with E-state index < -0.39 is 5.82 Å². The molecular weight excluding hydrogens is 443 g/mol. The van der Waals surface area contributed by atoms with Crippen LogP contribution >= 0.6 is 11.6 Å². The van der Waals surface area contributed by atoms with Gasteiger partial charge in [0.05, 0.1) is 10.5 Å². The molecule has 172 valence electrons. The highest BCUT2D eigenvalue weighted by atomic mass is 35.5. The number of anilines is 2. The molecule has 3 N–H and O–H groups in total. The van der Waals surface area contributed by atoms with Gasteiger partial charge in [-0.1, -0.05) is 11.6 Å². The van der Waals surface area contributed by atoms with Crippen molar-refractivity contribution in [1.82, 2.24) is 20.1 Å². The Balaban J connectivity index is 1.45. The molecule has 1 aromatic carbocycles. The zero-order valence-electron chi connectivity index (χ0n) is 18.3.